The van der Waals surface area contributed by atoms with Gasteiger partial charge in [-0.1, -0.05) is 6.92 Å². The van der Waals surface area contributed by atoms with E-state index in [0.717, 1.165) is 12.8 Å². The van der Waals surface area contributed by atoms with Crippen LogP contribution in [0.2, 0.25) is 0 Å². The molecule has 1 aromatic heterocycles. The molecule has 2 atom stereocenters. The number of hydrogen-bond donors (Lipinski definition) is 2. The van der Waals surface area contributed by atoms with Crippen LogP contribution < -0.4 is 5.32 Å². The Hall–Kier alpha value is -1.40. The van der Waals surface area contributed by atoms with Gasteiger partial charge < -0.3 is 15.2 Å². The second-order valence-electron chi connectivity index (χ2n) is 6.51. The van der Waals surface area contributed by atoms with E-state index in [1.165, 1.54) is 16.9 Å². The summed E-state index contributed by atoms with van der Waals surface area (Å²) in [6.07, 6.45) is 3.69. The number of thiophene rings is 1. The molecule has 22 heavy (non-hydrogen) atoms. The molecule has 2 heterocycles. The van der Waals surface area contributed by atoms with Crippen LogP contribution in [0.3, 0.4) is 0 Å². The van der Waals surface area contributed by atoms with Gasteiger partial charge in [-0.3, -0.25) is 9.59 Å². The van der Waals surface area contributed by atoms with E-state index in [0.29, 0.717) is 23.8 Å². The maximum atomic E-state index is 12.5. The number of aliphatic carboxylic acids is 1. The van der Waals surface area contributed by atoms with Gasteiger partial charge in [0.05, 0.1) is 23.4 Å². The highest BCUT2D eigenvalue weighted by molar-refractivity contribution is 7.14. The summed E-state index contributed by atoms with van der Waals surface area (Å²) in [6, 6.07) is 1.98. The number of carboxylic acid groups (broad SMARTS) is 1. The fraction of sp³-hybridized carbons (Fsp3) is 0.625. The topological polar surface area (TPSA) is 75.6 Å². The summed E-state index contributed by atoms with van der Waals surface area (Å²) in [7, 11) is 0. The number of carboxylic acids is 1. The van der Waals surface area contributed by atoms with E-state index in [9.17, 15) is 9.59 Å². The first-order valence-corrected chi connectivity index (χ1v) is 8.53. The molecule has 0 saturated carbocycles. The highest BCUT2D eigenvalue weighted by Crippen LogP contribution is 2.33. The molecule has 2 aliphatic rings. The maximum absolute atomic E-state index is 12.5. The third kappa shape index (κ3) is 3.17. The highest BCUT2D eigenvalue weighted by atomic mass is 32.1. The summed E-state index contributed by atoms with van der Waals surface area (Å²) in [5, 5.41) is 12.0. The van der Waals surface area contributed by atoms with E-state index in [2.05, 4.69) is 12.2 Å². The lowest BCUT2D eigenvalue weighted by atomic mass is 9.90. The molecule has 0 spiro atoms. The molecule has 1 aromatic rings. The fourth-order valence-corrected chi connectivity index (χ4v) is 4.40. The van der Waals surface area contributed by atoms with Gasteiger partial charge in [-0.15, -0.1) is 11.3 Å². The van der Waals surface area contributed by atoms with Crippen molar-refractivity contribution in [3.63, 3.8) is 0 Å². The van der Waals surface area contributed by atoms with Gasteiger partial charge in [0.1, 0.15) is 0 Å². The van der Waals surface area contributed by atoms with Crippen LogP contribution in [0.1, 0.15) is 46.3 Å². The van der Waals surface area contributed by atoms with Crippen molar-refractivity contribution in [3.8, 4) is 0 Å². The number of fused-ring (bicyclic) bond motifs is 1. The van der Waals surface area contributed by atoms with E-state index in [1.54, 1.807) is 11.3 Å². The van der Waals surface area contributed by atoms with Gasteiger partial charge >= 0.3 is 5.97 Å². The Morgan fingerprint density at radius 2 is 2.36 bits per heavy atom. The van der Waals surface area contributed by atoms with Crippen molar-refractivity contribution in [2.75, 3.05) is 13.2 Å². The average molecular weight is 323 g/mol. The van der Waals surface area contributed by atoms with Crippen molar-refractivity contribution < 1.29 is 19.4 Å². The van der Waals surface area contributed by atoms with Crippen molar-refractivity contribution in [2.45, 2.75) is 44.6 Å². The lowest BCUT2D eigenvalue weighted by Crippen LogP contribution is -2.50. The molecule has 0 aromatic carbocycles. The third-order valence-electron chi connectivity index (χ3n) is 4.52. The van der Waals surface area contributed by atoms with E-state index < -0.39 is 11.5 Å². The Morgan fingerprint density at radius 3 is 3.05 bits per heavy atom. The first-order valence-electron chi connectivity index (χ1n) is 7.71. The van der Waals surface area contributed by atoms with Gasteiger partial charge in [-0.05, 0) is 43.2 Å². The summed E-state index contributed by atoms with van der Waals surface area (Å²) < 4.78 is 5.32. The molecular weight excluding hydrogens is 302 g/mol. The molecule has 5 nitrogen and oxygen atoms in total. The lowest BCUT2D eigenvalue weighted by molar-refractivity contribution is -0.138. The fourth-order valence-electron chi connectivity index (χ4n) is 3.30. The SMILES string of the molecule is CC1CCc2sc(C(=O)NC3(CC(=O)O)CCOC3)cc2C1. The molecular formula is C16H21NO4S. The molecule has 3 rings (SSSR count). The predicted octanol–water partition coefficient (Wildman–Crippen LogP) is 2.24. The monoisotopic (exact) mass is 323 g/mol. The minimum atomic E-state index is -0.912. The number of nitrogens with one attached hydrogen (secondary N) is 1. The third-order valence-corrected chi connectivity index (χ3v) is 5.76. The molecule has 0 radical (unpaired) electrons. The van der Waals surface area contributed by atoms with Crippen LogP contribution in [0.5, 0.6) is 0 Å². The molecule has 1 fully saturated rings. The maximum Gasteiger partial charge on any atom is 0.305 e. The Morgan fingerprint density at radius 1 is 1.55 bits per heavy atom. The number of carbonyl (C=O) groups excluding carboxylic acids is 1. The quantitative estimate of drug-likeness (QED) is 0.891. The molecule has 6 heteroatoms. The van der Waals surface area contributed by atoms with Crippen molar-refractivity contribution >= 4 is 23.2 Å². The lowest BCUT2D eigenvalue weighted by Gasteiger charge is -2.26. The van der Waals surface area contributed by atoms with E-state index in [-0.39, 0.29) is 18.9 Å². The Kier molecular flexibility index (Phi) is 4.23. The van der Waals surface area contributed by atoms with Crippen molar-refractivity contribution in [1.82, 2.24) is 5.32 Å². The number of ether oxygens (including phenoxy) is 1. The molecule has 120 valence electrons. The summed E-state index contributed by atoms with van der Waals surface area (Å²) in [6.45, 7) is 3.00. The Balaban J connectivity index is 1.75. The zero-order chi connectivity index (χ0) is 15.7. The number of rotatable bonds is 4. The van der Waals surface area contributed by atoms with E-state index >= 15 is 0 Å². The van der Waals surface area contributed by atoms with Crippen LogP contribution in [0.25, 0.3) is 0 Å². The van der Waals surface area contributed by atoms with Gasteiger partial charge in [-0.25, -0.2) is 0 Å². The van der Waals surface area contributed by atoms with Gasteiger partial charge in [-0.2, -0.15) is 0 Å². The molecule has 1 amide bonds. The summed E-state index contributed by atoms with van der Waals surface area (Å²) >= 11 is 1.55. The zero-order valence-corrected chi connectivity index (χ0v) is 13.5. The molecule has 0 bridgehead atoms. The second-order valence-corrected chi connectivity index (χ2v) is 7.65. The first-order chi connectivity index (χ1) is 10.5. The van der Waals surface area contributed by atoms with Crippen LogP contribution in [0.15, 0.2) is 6.07 Å². The van der Waals surface area contributed by atoms with Crippen molar-refractivity contribution in [2.24, 2.45) is 5.92 Å². The largest absolute Gasteiger partial charge is 0.481 e. The zero-order valence-electron chi connectivity index (χ0n) is 12.7. The van der Waals surface area contributed by atoms with Gasteiger partial charge in [0, 0.05) is 11.5 Å². The van der Waals surface area contributed by atoms with E-state index in [1.807, 2.05) is 6.07 Å². The Labute approximate surface area is 133 Å². The second kappa shape index (κ2) is 6.01. The van der Waals surface area contributed by atoms with Crippen LogP contribution >= 0.6 is 11.3 Å². The average Bonchev–Trinajstić information content (AvgIpc) is 3.04. The molecule has 2 unspecified atom stereocenters. The minimum absolute atomic E-state index is 0.0964. The van der Waals surface area contributed by atoms with Crippen molar-refractivity contribution in [3.05, 3.63) is 21.4 Å². The van der Waals surface area contributed by atoms with Crippen LogP contribution in [-0.4, -0.2) is 35.7 Å². The predicted molar refractivity (Wildman–Crippen MR) is 83.4 cm³/mol. The first kappa shape index (κ1) is 15.5. The van der Waals surface area contributed by atoms with Gasteiger partial charge in [0.2, 0.25) is 0 Å². The number of hydrogen-bond acceptors (Lipinski definition) is 4. The standard InChI is InChI=1S/C16H21NO4S/c1-10-2-3-12-11(6-10)7-13(22-12)15(20)17-16(8-14(18)19)4-5-21-9-16/h7,10H,2-6,8-9H2,1H3,(H,17,20)(H,18,19). The molecule has 1 aliphatic carbocycles. The smallest absolute Gasteiger partial charge is 0.305 e. The normalized spacial score (nSPS) is 27.4. The Bertz CT molecular complexity index is 589. The van der Waals surface area contributed by atoms with Crippen LogP contribution in [0.4, 0.5) is 0 Å². The number of aryl methyl sites for hydroxylation is 1. The summed E-state index contributed by atoms with van der Waals surface area (Å²) in [5.41, 5.74) is 0.518. The molecule has 1 saturated heterocycles. The molecule has 1 aliphatic heterocycles. The van der Waals surface area contributed by atoms with E-state index in [4.69, 9.17) is 9.84 Å². The molecule has 2 N–H and O–H groups in total. The highest BCUT2D eigenvalue weighted by Gasteiger charge is 2.39. The van der Waals surface area contributed by atoms with Crippen molar-refractivity contribution in [1.29, 1.82) is 0 Å². The van der Waals surface area contributed by atoms with Crippen LogP contribution in [0, 0.1) is 5.92 Å². The van der Waals surface area contributed by atoms with Gasteiger partial charge in [0.15, 0.2) is 0 Å². The number of carbonyl (C=O) groups is 2. The summed E-state index contributed by atoms with van der Waals surface area (Å²) in [5.74, 6) is -0.413. The number of amides is 1. The summed E-state index contributed by atoms with van der Waals surface area (Å²) in [4.78, 5) is 25.6. The minimum Gasteiger partial charge on any atom is -0.481 e. The van der Waals surface area contributed by atoms with Crippen LogP contribution in [-0.2, 0) is 22.4 Å². The van der Waals surface area contributed by atoms with Gasteiger partial charge in [0.25, 0.3) is 5.91 Å².